The van der Waals surface area contributed by atoms with E-state index in [4.69, 9.17) is 13.9 Å². The lowest BCUT2D eigenvalue weighted by atomic mass is 9.90. The molecule has 0 unspecified atom stereocenters. The Hall–Kier alpha value is -4.85. The van der Waals surface area contributed by atoms with Gasteiger partial charge < -0.3 is 24.2 Å². The summed E-state index contributed by atoms with van der Waals surface area (Å²) >= 11 is 0. The van der Waals surface area contributed by atoms with Gasteiger partial charge in [-0.25, -0.2) is 14.4 Å². The summed E-state index contributed by atoms with van der Waals surface area (Å²) < 4.78 is 17.1. The van der Waals surface area contributed by atoms with Gasteiger partial charge in [-0.2, -0.15) is 0 Å². The number of nitrogens with one attached hydrogen (secondary N) is 2. The summed E-state index contributed by atoms with van der Waals surface area (Å²) in [5.41, 5.74) is 4.95. The topological polar surface area (TPSA) is 111 Å². The van der Waals surface area contributed by atoms with Crippen LogP contribution < -0.4 is 15.7 Å². The number of ether oxygens (including phenoxy) is 2. The summed E-state index contributed by atoms with van der Waals surface area (Å²) in [4.78, 5) is 42.5. The third kappa shape index (κ3) is 5.59. The van der Waals surface area contributed by atoms with Crippen LogP contribution in [0.1, 0.15) is 40.7 Å². The molecular weight excluding hydrogens is 520 g/mol. The highest BCUT2D eigenvalue weighted by atomic mass is 16.6. The number of fused-ring (bicyclic) bond motifs is 4. The molecule has 208 valence electrons. The predicted octanol–water partition coefficient (Wildman–Crippen LogP) is 5.90. The van der Waals surface area contributed by atoms with Gasteiger partial charge in [-0.1, -0.05) is 48.5 Å². The number of amides is 1. The number of rotatable bonds is 7. The van der Waals surface area contributed by atoms with Crippen LogP contribution in [-0.4, -0.2) is 23.1 Å². The number of para-hydroxylation sites is 1. The maximum Gasteiger partial charge on any atom is 0.408 e. The molecule has 1 atom stereocenters. The van der Waals surface area contributed by atoms with Crippen LogP contribution in [0.15, 0.2) is 82.1 Å². The van der Waals surface area contributed by atoms with Crippen molar-refractivity contribution < 1.29 is 23.5 Å². The Morgan fingerprint density at radius 1 is 1.00 bits per heavy atom. The number of esters is 1. The number of benzene rings is 3. The van der Waals surface area contributed by atoms with E-state index in [9.17, 15) is 14.4 Å². The van der Waals surface area contributed by atoms with E-state index in [0.29, 0.717) is 35.1 Å². The highest BCUT2D eigenvalue weighted by Gasteiger charge is 2.28. The van der Waals surface area contributed by atoms with Gasteiger partial charge in [0.2, 0.25) is 0 Å². The number of H-pyrrole nitrogens is 1. The zero-order valence-corrected chi connectivity index (χ0v) is 22.7. The molecule has 0 radical (unpaired) electrons. The molecule has 0 aliphatic heterocycles. The highest BCUT2D eigenvalue weighted by Crippen LogP contribution is 2.35. The first-order chi connectivity index (χ1) is 20.0. The molecule has 0 bridgehead atoms. The number of aromatic amines is 1. The predicted molar refractivity (Wildman–Crippen MR) is 155 cm³/mol. The number of alkyl carbamates (subject to hydrolysis) is 1. The molecule has 1 amide bonds. The molecule has 0 fully saturated rings. The van der Waals surface area contributed by atoms with Crippen LogP contribution in [0, 0.1) is 6.92 Å². The van der Waals surface area contributed by atoms with Crippen LogP contribution in [0.3, 0.4) is 0 Å². The first-order valence-corrected chi connectivity index (χ1v) is 13.8. The van der Waals surface area contributed by atoms with Gasteiger partial charge in [0.05, 0.1) is 5.39 Å². The molecule has 2 N–H and O–H groups in total. The van der Waals surface area contributed by atoms with E-state index in [1.54, 1.807) is 12.1 Å². The monoisotopic (exact) mass is 550 g/mol. The molecule has 3 aromatic carbocycles. The molecule has 1 aliphatic carbocycles. The molecule has 0 saturated carbocycles. The van der Waals surface area contributed by atoms with Crippen molar-refractivity contribution in [2.45, 2.75) is 51.7 Å². The van der Waals surface area contributed by atoms with E-state index in [0.717, 1.165) is 46.0 Å². The highest BCUT2D eigenvalue weighted by molar-refractivity contribution is 5.93. The van der Waals surface area contributed by atoms with Crippen molar-refractivity contribution in [3.63, 3.8) is 0 Å². The Kier molecular flexibility index (Phi) is 7.29. The molecule has 8 nitrogen and oxygen atoms in total. The number of hydrogen-bond acceptors (Lipinski definition) is 6. The second-order valence-corrected chi connectivity index (χ2v) is 10.4. The van der Waals surface area contributed by atoms with Gasteiger partial charge in [-0.3, -0.25) is 0 Å². The molecule has 8 heteroatoms. The van der Waals surface area contributed by atoms with Crippen molar-refractivity contribution >= 4 is 33.9 Å². The van der Waals surface area contributed by atoms with Crippen LogP contribution in [0.4, 0.5) is 4.79 Å². The fraction of sp³-hybridized carbons (Fsp3) is 0.242. The summed E-state index contributed by atoms with van der Waals surface area (Å²) in [6, 6.07) is 19.6. The minimum Gasteiger partial charge on any atom is -0.445 e. The third-order valence-corrected chi connectivity index (χ3v) is 7.53. The minimum absolute atomic E-state index is 0.0647. The Balaban J connectivity index is 1.31. The van der Waals surface area contributed by atoms with Gasteiger partial charge >= 0.3 is 17.7 Å². The van der Waals surface area contributed by atoms with Gasteiger partial charge in [0, 0.05) is 29.1 Å². The van der Waals surface area contributed by atoms with E-state index in [2.05, 4.69) is 10.3 Å². The first kappa shape index (κ1) is 26.4. The molecule has 6 rings (SSSR count). The van der Waals surface area contributed by atoms with Crippen molar-refractivity contribution in [2.24, 2.45) is 0 Å². The lowest BCUT2D eigenvalue weighted by Crippen LogP contribution is -2.44. The number of carbonyl (C=O) groups excluding carboxylic acids is 2. The minimum atomic E-state index is -1.04. The molecule has 2 heterocycles. The van der Waals surface area contributed by atoms with Crippen LogP contribution in [0.2, 0.25) is 0 Å². The lowest BCUT2D eigenvalue weighted by molar-refractivity contribution is -0.136. The second kappa shape index (κ2) is 11.3. The van der Waals surface area contributed by atoms with Gasteiger partial charge in [0.1, 0.15) is 24.0 Å². The van der Waals surface area contributed by atoms with Gasteiger partial charge in [0.15, 0.2) is 0 Å². The third-order valence-electron chi connectivity index (χ3n) is 7.53. The molecule has 0 spiro atoms. The number of carbonyl (C=O) groups is 2. The summed E-state index contributed by atoms with van der Waals surface area (Å²) in [6.07, 6.45) is 4.46. The van der Waals surface area contributed by atoms with Crippen LogP contribution in [0.25, 0.3) is 21.9 Å². The SMILES string of the molecule is Cc1cc(OC(=O)[C@H](Cc2c[nH]c3ccccc23)NC(=O)OCc2ccccc2)c2c3c(c(=O)oc2c1)CCCC3. The summed E-state index contributed by atoms with van der Waals surface area (Å²) in [5, 5.41) is 4.30. The van der Waals surface area contributed by atoms with E-state index >= 15 is 0 Å². The van der Waals surface area contributed by atoms with Crippen molar-refractivity contribution in [3.05, 3.63) is 111 Å². The molecule has 2 aromatic heterocycles. The maximum absolute atomic E-state index is 13.8. The largest absolute Gasteiger partial charge is 0.445 e. The molecule has 1 aliphatic rings. The summed E-state index contributed by atoms with van der Waals surface area (Å²) in [6.45, 7) is 1.91. The van der Waals surface area contributed by atoms with Crippen molar-refractivity contribution in [1.29, 1.82) is 0 Å². The zero-order valence-electron chi connectivity index (χ0n) is 22.7. The second-order valence-electron chi connectivity index (χ2n) is 10.4. The Labute approximate surface area is 236 Å². The van der Waals surface area contributed by atoms with Crippen molar-refractivity contribution in [2.75, 3.05) is 0 Å². The summed E-state index contributed by atoms with van der Waals surface area (Å²) in [5.74, 6) is -0.329. The van der Waals surface area contributed by atoms with Gasteiger partial charge in [0.25, 0.3) is 0 Å². The van der Waals surface area contributed by atoms with Gasteiger partial charge in [-0.15, -0.1) is 0 Å². The molecule has 41 heavy (non-hydrogen) atoms. The average molecular weight is 551 g/mol. The molecule has 5 aromatic rings. The standard InChI is InChI=1S/C33H30N2O6/c1-20-15-28-30(24-12-5-6-13-25(24)31(36)40-28)29(16-20)41-32(37)27(17-22-18-34-26-14-8-7-11-23(22)26)35-33(38)39-19-21-9-3-2-4-10-21/h2-4,7-11,14-16,18,27,34H,5-6,12-13,17,19H2,1H3,(H,35,38)/t27-/m0/s1. The Bertz CT molecular complexity index is 1800. The quantitative estimate of drug-likeness (QED) is 0.148. The summed E-state index contributed by atoms with van der Waals surface area (Å²) in [7, 11) is 0. The van der Waals surface area contributed by atoms with E-state index < -0.39 is 18.1 Å². The van der Waals surface area contributed by atoms with Crippen LogP contribution in [0.5, 0.6) is 5.75 Å². The average Bonchev–Trinajstić information content (AvgIpc) is 3.39. The van der Waals surface area contributed by atoms with E-state index in [-0.39, 0.29) is 18.7 Å². The first-order valence-electron chi connectivity index (χ1n) is 13.8. The molecule has 0 saturated heterocycles. The number of hydrogen-bond donors (Lipinski definition) is 2. The van der Waals surface area contributed by atoms with Crippen molar-refractivity contribution in [3.8, 4) is 5.75 Å². The fourth-order valence-corrected chi connectivity index (χ4v) is 5.55. The van der Waals surface area contributed by atoms with Crippen molar-refractivity contribution in [1.82, 2.24) is 10.3 Å². The van der Waals surface area contributed by atoms with Crippen LogP contribution >= 0.6 is 0 Å². The molecular formula is C33H30N2O6. The number of aromatic nitrogens is 1. The van der Waals surface area contributed by atoms with E-state index in [1.165, 1.54) is 0 Å². The van der Waals surface area contributed by atoms with Gasteiger partial charge in [-0.05, 0) is 73.1 Å². The lowest BCUT2D eigenvalue weighted by Gasteiger charge is -2.21. The number of aryl methyl sites for hydroxylation is 2. The Morgan fingerprint density at radius 3 is 2.59 bits per heavy atom. The van der Waals surface area contributed by atoms with E-state index in [1.807, 2.05) is 67.7 Å². The zero-order chi connectivity index (χ0) is 28.3. The normalized spacial score (nSPS) is 13.5. The smallest absolute Gasteiger partial charge is 0.408 e. The maximum atomic E-state index is 13.8. The Morgan fingerprint density at radius 2 is 1.76 bits per heavy atom. The fourth-order valence-electron chi connectivity index (χ4n) is 5.55. The van der Waals surface area contributed by atoms with Crippen LogP contribution in [-0.2, 0) is 35.4 Å².